The molecule has 17 heavy (non-hydrogen) atoms. The number of thioether (sulfide) groups is 1. The molecule has 2 aliphatic rings. The Bertz CT molecular complexity index is 252. The van der Waals surface area contributed by atoms with Crippen molar-refractivity contribution in [2.45, 2.75) is 44.2 Å². The smallest absolute Gasteiger partial charge is 0.0783 e. The van der Waals surface area contributed by atoms with Gasteiger partial charge in [0.15, 0.2) is 0 Å². The van der Waals surface area contributed by atoms with E-state index in [-0.39, 0.29) is 11.1 Å². The summed E-state index contributed by atoms with van der Waals surface area (Å²) >= 11 is 2.01. The lowest BCUT2D eigenvalue weighted by Crippen LogP contribution is -2.54. The molecule has 2 rings (SSSR count). The zero-order valence-electron chi connectivity index (χ0n) is 11.0. The Kier molecular flexibility index (Phi) is 4.40. The van der Waals surface area contributed by atoms with Gasteiger partial charge in [0.05, 0.1) is 12.2 Å². The van der Waals surface area contributed by atoms with Gasteiger partial charge in [-0.15, -0.1) is 0 Å². The van der Waals surface area contributed by atoms with Crippen LogP contribution in [0.15, 0.2) is 0 Å². The minimum atomic E-state index is -0.208. The van der Waals surface area contributed by atoms with E-state index in [1.807, 2.05) is 18.7 Å². The molecule has 2 saturated heterocycles. The molecule has 0 aromatic carbocycles. The molecule has 3 atom stereocenters. The molecule has 2 N–H and O–H groups in total. The van der Waals surface area contributed by atoms with Crippen LogP contribution in [-0.4, -0.2) is 42.5 Å². The van der Waals surface area contributed by atoms with Gasteiger partial charge in [0.1, 0.15) is 0 Å². The Balaban J connectivity index is 1.96. The summed E-state index contributed by atoms with van der Waals surface area (Å²) in [6, 6.07) is 0. The number of hydrogen-bond donors (Lipinski definition) is 1. The highest BCUT2D eigenvalue weighted by Gasteiger charge is 2.44. The molecule has 0 radical (unpaired) electrons. The van der Waals surface area contributed by atoms with E-state index < -0.39 is 0 Å². The molecule has 2 fully saturated rings. The number of ether oxygens (including phenoxy) is 2. The van der Waals surface area contributed by atoms with Crippen molar-refractivity contribution in [3.63, 3.8) is 0 Å². The van der Waals surface area contributed by atoms with Gasteiger partial charge in [0.25, 0.3) is 0 Å². The average molecular weight is 259 g/mol. The van der Waals surface area contributed by atoms with Crippen LogP contribution in [0.25, 0.3) is 0 Å². The van der Waals surface area contributed by atoms with Crippen LogP contribution < -0.4 is 5.73 Å². The van der Waals surface area contributed by atoms with E-state index in [9.17, 15) is 0 Å². The summed E-state index contributed by atoms with van der Waals surface area (Å²) in [6.45, 7) is 6.43. The van der Waals surface area contributed by atoms with E-state index in [0.717, 1.165) is 31.8 Å². The highest BCUT2D eigenvalue weighted by atomic mass is 32.2. The summed E-state index contributed by atoms with van der Waals surface area (Å²) in [6.07, 6.45) is 3.38. The van der Waals surface area contributed by atoms with Crippen LogP contribution >= 0.6 is 11.8 Å². The van der Waals surface area contributed by atoms with Crippen molar-refractivity contribution in [1.82, 2.24) is 0 Å². The van der Waals surface area contributed by atoms with Crippen molar-refractivity contribution in [2.24, 2.45) is 11.7 Å². The molecule has 0 saturated carbocycles. The third-order valence-electron chi connectivity index (χ3n) is 4.11. The molecule has 3 nitrogen and oxygen atoms in total. The number of rotatable bonds is 4. The van der Waals surface area contributed by atoms with Gasteiger partial charge in [-0.1, -0.05) is 0 Å². The molecular weight excluding hydrogens is 234 g/mol. The predicted octanol–water partition coefficient (Wildman–Crippen LogP) is 2.04. The predicted molar refractivity (Wildman–Crippen MR) is 72.4 cm³/mol. The molecule has 3 unspecified atom stereocenters. The second-order valence-electron chi connectivity index (χ2n) is 5.67. The first-order chi connectivity index (χ1) is 8.08. The Labute approximate surface area is 109 Å². The average Bonchev–Trinajstić information content (AvgIpc) is 2.75. The number of nitrogens with two attached hydrogens (primary N) is 1. The van der Waals surface area contributed by atoms with Crippen LogP contribution in [0.2, 0.25) is 0 Å². The molecule has 4 heteroatoms. The van der Waals surface area contributed by atoms with E-state index in [0.29, 0.717) is 12.5 Å². The van der Waals surface area contributed by atoms with Crippen LogP contribution in [0.4, 0.5) is 0 Å². The van der Waals surface area contributed by atoms with Gasteiger partial charge >= 0.3 is 0 Å². The van der Waals surface area contributed by atoms with Gasteiger partial charge in [0, 0.05) is 24.5 Å². The van der Waals surface area contributed by atoms with Crippen molar-refractivity contribution in [1.29, 1.82) is 0 Å². The first kappa shape index (κ1) is 13.7. The summed E-state index contributed by atoms with van der Waals surface area (Å²) in [4.78, 5) is 0. The number of hydrogen-bond acceptors (Lipinski definition) is 4. The normalized spacial score (nSPS) is 37.2. The van der Waals surface area contributed by atoms with Crippen LogP contribution in [0.3, 0.4) is 0 Å². The van der Waals surface area contributed by atoms with E-state index in [2.05, 4.69) is 6.92 Å². The van der Waals surface area contributed by atoms with Crippen molar-refractivity contribution in [3.05, 3.63) is 0 Å². The summed E-state index contributed by atoms with van der Waals surface area (Å²) in [5.41, 5.74) is 6.36. The van der Waals surface area contributed by atoms with Gasteiger partial charge in [-0.2, -0.15) is 11.8 Å². The van der Waals surface area contributed by atoms with Gasteiger partial charge in [-0.25, -0.2) is 0 Å². The maximum Gasteiger partial charge on any atom is 0.0783 e. The lowest BCUT2D eigenvalue weighted by atomic mass is 9.75. The van der Waals surface area contributed by atoms with Crippen molar-refractivity contribution in [2.75, 3.05) is 31.3 Å². The molecule has 0 aromatic rings. The monoisotopic (exact) mass is 259 g/mol. The van der Waals surface area contributed by atoms with Crippen LogP contribution in [-0.2, 0) is 9.47 Å². The maximum absolute atomic E-state index is 6.44. The molecular formula is C13H25NO2S. The fourth-order valence-corrected chi connectivity index (χ4v) is 4.27. The largest absolute Gasteiger partial charge is 0.380 e. The molecule has 0 aliphatic carbocycles. The molecule has 0 bridgehead atoms. The Morgan fingerprint density at radius 1 is 1.59 bits per heavy atom. The maximum atomic E-state index is 6.44. The van der Waals surface area contributed by atoms with Crippen molar-refractivity contribution >= 4 is 11.8 Å². The fraction of sp³-hybridized carbons (Fsp3) is 1.00. The molecule has 2 heterocycles. The Hall–Kier alpha value is 0.230. The van der Waals surface area contributed by atoms with Gasteiger partial charge < -0.3 is 15.2 Å². The molecule has 100 valence electrons. The first-order valence-corrected chi connectivity index (χ1v) is 7.82. The van der Waals surface area contributed by atoms with E-state index in [1.165, 1.54) is 12.2 Å². The fourth-order valence-electron chi connectivity index (χ4n) is 2.89. The summed E-state index contributed by atoms with van der Waals surface area (Å²) in [7, 11) is 0. The third-order valence-corrected chi connectivity index (χ3v) is 5.33. The topological polar surface area (TPSA) is 44.5 Å². The molecule has 2 aliphatic heterocycles. The quantitative estimate of drug-likeness (QED) is 0.839. The lowest BCUT2D eigenvalue weighted by molar-refractivity contribution is -0.0974. The van der Waals surface area contributed by atoms with Crippen molar-refractivity contribution < 1.29 is 9.47 Å². The van der Waals surface area contributed by atoms with Crippen LogP contribution in [0.5, 0.6) is 0 Å². The lowest BCUT2D eigenvalue weighted by Gasteiger charge is -2.44. The minimum Gasteiger partial charge on any atom is -0.380 e. The van der Waals surface area contributed by atoms with Gasteiger partial charge in [-0.3, -0.25) is 0 Å². The van der Waals surface area contributed by atoms with Gasteiger partial charge in [0.2, 0.25) is 0 Å². The Morgan fingerprint density at radius 3 is 3.06 bits per heavy atom. The second kappa shape index (κ2) is 5.47. The van der Waals surface area contributed by atoms with Gasteiger partial charge in [-0.05, 0) is 44.8 Å². The van der Waals surface area contributed by atoms with Crippen LogP contribution in [0.1, 0.15) is 33.1 Å². The SMILES string of the molecule is CCOCC(C)(N)C1CCOC2(CCSC2)C1. The van der Waals surface area contributed by atoms with E-state index in [1.54, 1.807) is 0 Å². The zero-order chi connectivity index (χ0) is 12.4. The third kappa shape index (κ3) is 3.16. The summed E-state index contributed by atoms with van der Waals surface area (Å²) in [5.74, 6) is 2.91. The Morgan fingerprint density at radius 2 is 2.41 bits per heavy atom. The molecule has 0 amide bonds. The molecule has 1 spiro atoms. The first-order valence-electron chi connectivity index (χ1n) is 6.66. The molecule has 0 aromatic heterocycles. The summed E-state index contributed by atoms with van der Waals surface area (Å²) < 4.78 is 11.6. The van der Waals surface area contributed by atoms with E-state index >= 15 is 0 Å². The van der Waals surface area contributed by atoms with Crippen molar-refractivity contribution in [3.8, 4) is 0 Å². The van der Waals surface area contributed by atoms with E-state index in [4.69, 9.17) is 15.2 Å². The minimum absolute atomic E-state index is 0.125. The highest BCUT2D eigenvalue weighted by Crippen LogP contribution is 2.42. The summed E-state index contributed by atoms with van der Waals surface area (Å²) in [5, 5.41) is 0. The zero-order valence-corrected chi connectivity index (χ0v) is 11.9. The second-order valence-corrected chi connectivity index (χ2v) is 6.77. The highest BCUT2D eigenvalue weighted by molar-refractivity contribution is 7.99. The standard InChI is InChI=1S/C13H25NO2S/c1-3-15-9-12(2,14)11-4-6-16-13(8-11)5-7-17-10-13/h11H,3-10,14H2,1-2H3. The van der Waals surface area contributed by atoms with Crippen LogP contribution in [0, 0.1) is 5.92 Å².